The van der Waals surface area contributed by atoms with Gasteiger partial charge in [0.2, 0.25) is 10.0 Å². The third-order valence-corrected chi connectivity index (χ3v) is 10.0. The van der Waals surface area contributed by atoms with Crippen molar-refractivity contribution in [3.63, 3.8) is 0 Å². The third-order valence-electron chi connectivity index (χ3n) is 8.25. The summed E-state index contributed by atoms with van der Waals surface area (Å²) in [4.78, 5) is 12.7. The number of hydrogen-bond acceptors (Lipinski definition) is 5. The molecule has 1 saturated heterocycles. The standard InChI is InChI=1S/C25H34FNO5S/c1-24(2,29)20-9-19(22(28)14-33(30,31)27-4-3-5-27)21(26)10-23(20)32-15-25-11-16-6-17(12-25)8-18(7-16)13-25/h9-10,16-18,29H,3-8,11-15H2,1-2H3. The van der Waals surface area contributed by atoms with Gasteiger partial charge in [-0.15, -0.1) is 0 Å². The normalized spacial score (nSPS) is 31.5. The molecule has 1 aromatic rings. The van der Waals surface area contributed by atoms with Crippen molar-refractivity contribution in [2.75, 3.05) is 25.4 Å². The van der Waals surface area contributed by atoms with E-state index in [1.807, 2.05) is 0 Å². The quantitative estimate of drug-likeness (QED) is 0.573. The average Bonchev–Trinajstić information content (AvgIpc) is 2.62. The number of Topliss-reactive ketones (excluding diaryl/α,β-unsaturated/α-hetero) is 1. The Morgan fingerprint density at radius 2 is 1.73 bits per heavy atom. The van der Waals surface area contributed by atoms with Crippen molar-refractivity contribution in [3.8, 4) is 5.75 Å². The van der Waals surface area contributed by atoms with Crippen LogP contribution in [0.3, 0.4) is 0 Å². The van der Waals surface area contributed by atoms with Gasteiger partial charge in [0.15, 0.2) is 5.78 Å². The molecule has 0 unspecified atom stereocenters. The van der Waals surface area contributed by atoms with Crippen LogP contribution in [0.25, 0.3) is 0 Å². The topological polar surface area (TPSA) is 83.9 Å². The first-order valence-corrected chi connectivity index (χ1v) is 13.8. The molecular formula is C25H34FNO5S. The highest BCUT2D eigenvalue weighted by atomic mass is 32.2. The fourth-order valence-corrected chi connectivity index (χ4v) is 8.45. The van der Waals surface area contributed by atoms with Crippen LogP contribution >= 0.6 is 0 Å². The molecule has 4 aliphatic carbocycles. The monoisotopic (exact) mass is 479 g/mol. The molecular weight excluding hydrogens is 445 g/mol. The van der Waals surface area contributed by atoms with Gasteiger partial charge in [-0.3, -0.25) is 4.79 Å². The van der Waals surface area contributed by atoms with Crippen molar-refractivity contribution < 1.29 is 27.4 Å². The second-order valence-corrected chi connectivity index (χ2v) is 13.5. The van der Waals surface area contributed by atoms with E-state index in [1.54, 1.807) is 13.8 Å². The van der Waals surface area contributed by atoms with E-state index in [9.17, 15) is 18.3 Å². The first-order valence-electron chi connectivity index (χ1n) is 12.1. The lowest BCUT2D eigenvalue weighted by Crippen LogP contribution is -2.48. The number of benzene rings is 1. The van der Waals surface area contributed by atoms with E-state index in [1.165, 1.54) is 29.6 Å². The Bertz CT molecular complexity index is 1020. The van der Waals surface area contributed by atoms with Crippen molar-refractivity contribution >= 4 is 15.8 Å². The van der Waals surface area contributed by atoms with Gasteiger partial charge < -0.3 is 9.84 Å². The molecule has 8 heteroatoms. The molecule has 182 valence electrons. The molecule has 5 aliphatic rings. The smallest absolute Gasteiger partial charge is 0.221 e. The van der Waals surface area contributed by atoms with Gasteiger partial charge in [-0.1, -0.05) is 0 Å². The Balaban J connectivity index is 1.38. The van der Waals surface area contributed by atoms with Crippen molar-refractivity contribution in [2.45, 2.75) is 64.4 Å². The second kappa shape index (κ2) is 8.02. The summed E-state index contributed by atoms with van der Waals surface area (Å²) in [6, 6.07) is 2.43. The number of hydrogen-bond donors (Lipinski definition) is 1. The molecule has 0 amide bonds. The van der Waals surface area contributed by atoms with E-state index in [0.29, 0.717) is 25.3 Å². The number of aliphatic hydroxyl groups is 1. The molecule has 0 spiro atoms. The first-order chi connectivity index (χ1) is 15.4. The number of nitrogens with zero attached hydrogens (tertiary/aromatic N) is 1. The molecule has 5 fully saturated rings. The molecule has 1 aliphatic heterocycles. The van der Waals surface area contributed by atoms with Gasteiger partial charge in [0.05, 0.1) is 17.8 Å². The van der Waals surface area contributed by atoms with E-state index in [2.05, 4.69) is 0 Å². The zero-order valence-corrected chi connectivity index (χ0v) is 20.3. The van der Waals surface area contributed by atoms with Crippen LogP contribution in [-0.2, 0) is 15.6 Å². The SMILES string of the molecule is CC(C)(O)c1cc(C(=O)CS(=O)(=O)N2CCC2)c(F)cc1OCC12CC3CC(CC(C3)C1)C2. The maximum atomic E-state index is 15.0. The lowest BCUT2D eigenvalue weighted by atomic mass is 9.50. The molecule has 0 atom stereocenters. The number of halogens is 1. The number of ketones is 1. The van der Waals surface area contributed by atoms with Crippen LogP contribution in [0.4, 0.5) is 4.39 Å². The summed E-state index contributed by atoms with van der Waals surface area (Å²) in [5.74, 6) is 0.127. The number of rotatable bonds is 8. The highest BCUT2D eigenvalue weighted by Gasteiger charge is 2.51. The van der Waals surface area contributed by atoms with Crippen LogP contribution in [0, 0.1) is 29.0 Å². The van der Waals surface area contributed by atoms with Crippen LogP contribution < -0.4 is 4.74 Å². The van der Waals surface area contributed by atoms with Crippen LogP contribution in [0.1, 0.15) is 74.7 Å². The van der Waals surface area contributed by atoms with Gasteiger partial charge in [0.1, 0.15) is 17.3 Å². The van der Waals surface area contributed by atoms with Crippen molar-refractivity contribution in [1.29, 1.82) is 0 Å². The number of ether oxygens (including phenoxy) is 1. The zero-order valence-electron chi connectivity index (χ0n) is 19.5. The highest BCUT2D eigenvalue weighted by molar-refractivity contribution is 7.89. The van der Waals surface area contributed by atoms with Crippen molar-refractivity contribution in [2.24, 2.45) is 23.2 Å². The summed E-state index contributed by atoms with van der Waals surface area (Å²) in [7, 11) is -3.76. The van der Waals surface area contributed by atoms with Crippen molar-refractivity contribution in [1.82, 2.24) is 4.31 Å². The van der Waals surface area contributed by atoms with Gasteiger partial charge in [-0.2, -0.15) is 0 Å². The van der Waals surface area contributed by atoms with E-state index < -0.39 is 33.0 Å². The second-order valence-electron chi connectivity index (χ2n) is 11.5. The Morgan fingerprint density at radius 3 is 2.21 bits per heavy atom. The molecule has 4 saturated carbocycles. The molecule has 1 N–H and O–H groups in total. The molecule has 4 bridgehead atoms. The Morgan fingerprint density at radius 1 is 1.15 bits per heavy atom. The zero-order chi connectivity index (χ0) is 23.6. The summed E-state index contributed by atoms with van der Waals surface area (Å²) in [5.41, 5.74) is -1.28. The largest absolute Gasteiger partial charge is 0.493 e. The van der Waals surface area contributed by atoms with Crippen LogP contribution in [0.2, 0.25) is 0 Å². The van der Waals surface area contributed by atoms with E-state index >= 15 is 4.39 Å². The average molecular weight is 480 g/mol. The van der Waals surface area contributed by atoms with Crippen molar-refractivity contribution in [3.05, 3.63) is 29.1 Å². The number of sulfonamides is 1. The Labute approximate surface area is 195 Å². The molecule has 0 radical (unpaired) electrons. The minimum atomic E-state index is -3.76. The maximum absolute atomic E-state index is 15.0. The molecule has 0 aromatic heterocycles. The predicted molar refractivity (Wildman–Crippen MR) is 122 cm³/mol. The third kappa shape index (κ3) is 4.46. The number of carbonyl (C=O) groups is 1. The van der Waals surface area contributed by atoms with Gasteiger partial charge >= 0.3 is 0 Å². The lowest BCUT2D eigenvalue weighted by Gasteiger charge is -2.56. The molecule has 1 heterocycles. The molecule has 1 aromatic carbocycles. The van der Waals surface area contributed by atoms with Gasteiger partial charge in [0, 0.05) is 30.1 Å². The number of carbonyl (C=O) groups excluding carboxylic acids is 1. The Hall–Kier alpha value is -1.51. The lowest BCUT2D eigenvalue weighted by molar-refractivity contribution is -0.0752. The summed E-state index contributed by atoms with van der Waals surface area (Å²) in [5, 5.41) is 10.8. The predicted octanol–water partition coefficient (Wildman–Crippen LogP) is 3.87. The fourth-order valence-electron chi connectivity index (χ4n) is 6.96. The summed E-state index contributed by atoms with van der Waals surface area (Å²) in [6.45, 7) is 4.38. The van der Waals surface area contributed by atoms with Crippen LogP contribution in [-0.4, -0.2) is 49.1 Å². The fraction of sp³-hybridized carbons (Fsp3) is 0.720. The first kappa shape index (κ1) is 23.2. The van der Waals surface area contributed by atoms with Gasteiger partial charge in [-0.05, 0) is 82.6 Å². The van der Waals surface area contributed by atoms with E-state index in [0.717, 1.165) is 49.5 Å². The maximum Gasteiger partial charge on any atom is 0.221 e. The van der Waals surface area contributed by atoms with Gasteiger partial charge in [-0.25, -0.2) is 17.1 Å². The molecule has 33 heavy (non-hydrogen) atoms. The van der Waals surface area contributed by atoms with Crippen LogP contribution in [0.5, 0.6) is 5.75 Å². The minimum absolute atomic E-state index is 0.113. The molecule has 6 rings (SSSR count). The minimum Gasteiger partial charge on any atom is -0.493 e. The van der Waals surface area contributed by atoms with Gasteiger partial charge in [0.25, 0.3) is 0 Å². The van der Waals surface area contributed by atoms with E-state index in [-0.39, 0.29) is 16.7 Å². The summed E-state index contributed by atoms with van der Waals surface area (Å²) >= 11 is 0. The van der Waals surface area contributed by atoms with E-state index in [4.69, 9.17) is 4.74 Å². The van der Waals surface area contributed by atoms with Crippen LogP contribution in [0.15, 0.2) is 12.1 Å². The highest BCUT2D eigenvalue weighted by Crippen LogP contribution is 2.60. The summed E-state index contributed by atoms with van der Waals surface area (Å²) < 4.78 is 47.2. The Kier molecular flexibility index (Phi) is 5.65. The summed E-state index contributed by atoms with van der Waals surface area (Å²) in [6.07, 6.45) is 8.15. The molecule has 6 nitrogen and oxygen atoms in total.